The molecule has 130 valence electrons. The second-order valence-electron chi connectivity index (χ2n) is 5.72. The molecule has 1 aromatic rings. The molecule has 1 aliphatic heterocycles. The predicted molar refractivity (Wildman–Crippen MR) is 94.2 cm³/mol. The van der Waals surface area contributed by atoms with Gasteiger partial charge in [0.15, 0.2) is 5.78 Å². The third-order valence-electron chi connectivity index (χ3n) is 3.77. The molecule has 7 heteroatoms. The Morgan fingerprint density at radius 1 is 1.54 bits per heavy atom. The van der Waals surface area contributed by atoms with Crippen LogP contribution in [0.2, 0.25) is 0 Å². The van der Waals surface area contributed by atoms with E-state index in [1.807, 2.05) is 19.1 Å². The Hall–Kier alpha value is -1.76. The number of pyridine rings is 1. The first-order valence-electron chi connectivity index (χ1n) is 8.06. The molecule has 0 amide bonds. The Labute approximate surface area is 146 Å². The Balaban J connectivity index is 1.99. The number of aromatic nitrogens is 1. The van der Waals surface area contributed by atoms with E-state index in [9.17, 15) is 4.79 Å². The predicted octanol–water partition coefficient (Wildman–Crippen LogP) is 2.08. The van der Waals surface area contributed by atoms with E-state index in [1.165, 1.54) is 0 Å². The molecule has 0 radical (unpaired) electrons. The maximum Gasteiger partial charge on any atom is 0.186 e. The topological polar surface area (TPSA) is 101 Å². The third kappa shape index (κ3) is 4.87. The molecule has 0 unspecified atom stereocenters. The number of carbonyl (C=O) groups is 1. The van der Waals surface area contributed by atoms with Gasteiger partial charge in [-0.2, -0.15) is 0 Å². The van der Waals surface area contributed by atoms with E-state index < -0.39 is 0 Å². The maximum atomic E-state index is 12.2. The highest BCUT2D eigenvalue weighted by Crippen LogP contribution is 2.17. The van der Waals surface area contributed by atoms with Gasteiger partial charge in [0, 0.05) is 31.4 Å². The Bertz CT molecular complexity index is 622. The van der Waals surface area contributed by atoms with Gasteiger partial charge in [0.1, 0.15) is 11.8 Å². The highest BCUT2D eigenvalue weighted by Gasteiger charge is 2.19. The van der Waals surface area contributed by atoms with Crippen molar-refractivity contribution in [3.8, 4) is 0 Å². The van der Waals surface area contributed by atoms with E-state index in [1.54, 1.807) is 6.20 Å². The minimum atomic E-state index is -0.371. The molecule has 1 aliphatic rings. The van der Waals surface area contributed by atoms with Gasteiger partial charge < -0.3 is 15.8 Å². The summed E-state index contributed by atoms with van der Waals surface area (Å²) >= 11 is 6.02. The standard InChI is InChI=1S/C17H23ClN4O2/c1-2-3-12(19)16(18)17(20)14(23)8-11-4-5-13(22-9-11)15-10-21-6-7-24-15/h4-5,9,15,20-21H,2-3,6-8,10,19H2,1H3/t15-/m1/s1. The summed E-state index contributed by atoms with van der Waals surface area (Å²) in [5.41, 5.74) is 7.49. The van der Waals surface area contributed by atoms with E-state index in [2.05, 4.69) is 10.3 Å². The molecule has 2 rings (SSSR count). The number of carbonyl (C=O) groups excluding carboxylic acids is 1. The highest BCUT2D eigenvalue weighted by atomic mass is 35.5. The van der Waals surface area contributed by atoms with Crippen LogP contribution in [0.5, 0.6) is 0 Å². The van der Waals surface area contributed by atoms with Crippen LogP contribution in [-0.4, -0.2) is 36.2 Å². The Morgan fingerprint density at radius 2 is 2.33 bits per heavy atom. The van der Waals surface area contributed by atoms with Crippen LogP contribution in [0.25, 0.3) is 0 Å². The summed E-state index contributed by atoms with van der Waals surface area (Å²) in [5, 5.41) is 11.2. The molecule has 0 aliphatic carbocycles. The summed E-state index contributed by atoms with van der Waals surface area (Å²) < 4.78 is 5.64. The number of hydrogen-bond donors (Lipinski definition) is 3. The summed E-state index contributed by atoms with van der Waals surface area (Å²) in [4.78, 5) is 16.6. The number of nitrogens with two attached hydrogens (primary N) is 1. The first-order valence-corrected chi connectivity index (χ1v) is 8.44. The van der Waals surface area contributed by atoms with Gasteiger partial charge in [-0.25, -0.2) is 0 Å². The highest BCUT2D eigenvalue weighted by molar-refractivity contribution is 6.59. The van der Waals surface area contributed by atoms with Crippen molar-refractivity contribution in [1.82, 2.24) is 10.3 Å². The van der Waals surface area contributed by atoms with Gasteiger partial charge in [-0.3, -0.25) is 15.2 Å². The maximum absolute atomic E-state index is 12.2. The minimum Gasteiger partial charge on any atom is -0.401 e. The molecule has 6 nitrogen and oxygen atoms in total. The number of Topliss-reactive ketones (excluding diaryl/α,β-unsaturated/α-hetero) is 1. The number of ketones is 1. The lowest BCUT2D eigenvalue weighted by Gasteiger charge is -2.23. The van der Waals surface area contributed by atoms with E-state index in [0.29, 0.717) is 18.7 Å². The molecule has 4 N–H and O–H groups in total. The molecule has 24 heavy (non-hydrogen) atoms. The van der Waals surface area contributed by atoms with Crippen molar-refractivity contribution in [2.75, 3.05) is 19.7 Å². The molecule has 0 aromatic carbocycles. The van der Waals surface area contributed by atoms with E-state index in [-0.39, 0.29) is 29.1 Å². The van der Waals surface area contributed by atoms with E-state index in [0.717, 1.165) is 30.8 Å². The number of morpholine rings is 1. The zero-order chi connectivity index (χ0) is 17.5. The van der Waals surface area contributed by atoms with Crippen molar-refractivity contribution in [3.05, 3.63) is 40.3 Å². The number of nitrogens with zero attached hydrogens (tertiary/aromatic N) is 1. The molecule has 1 atom stereocenters. The Morgan fingerprint density at radius 3 is 2.92 bits per heavy atom. The van der Waals surface area contributed by atoms with Crippen molar-refractivity contribution < 1.29 is 9.53 Å². The Kier molecular flexibility index (Phi) is 6.90. The smallest absolute Gasteiger partial charge is 0.186 e. The number of allylic oxidation sites excluding steroid dienone is 2. The van der Waals surface area contributed by atoms with Crippen molar-refractivity contribution in [1.29, 1.82) is 5.41 Å². The summed E-state index contributed by atoms with van der Waals surface area (Å²) in [5.74, 6) is -0.371. The SMILES string of the molecule is CCCC(N)=C(Cl)C(=N)C(=O)Cc1ccc([C@H]2CNCCO2)nc1. The fourth-order valence-electron chi connectivity index (χ4n) is 2.42. The first-order chi connectivity index (χ1) is 11.5. The van der Waals surface area contributed by atoms with Crippen molar-refractivity contribution >= 4 is 23.1 Å². The first kappa shape index (κ1) is 18.6. The number of ether oxygens (including phenoxy) is 1. The van der Waals surface area contributed by atoms with Crippen LogP contribution >= 0.6 is 11.6 Å². The lowest BCUT2D eigenvalue weighted by atomic mass is 10.0. The molecule has 2 heterocycles. The number of nitrogens with one attached hydrogen (secondary N) is 2. The largest absolute Gasteiger partial charge is 0.401 e. The van der Waals surface area contributed by atoms with Gasteiger partial charge >= 0.3 is 0 Å². The van der Waals surface area contributed by atoms with Crippen LogP contribution < -0.4 is 11.1 Å². The van der Waals surface area contributed by atoms with Gasteiger partial charge in [0.2, 0.25) is 0 Å². The van der Waals surface area contributed by atoms with Gasteiger partial charge in [-0.15, -0.1) is 0 Å². The van der Waals surface area contributed by atoms with E-state index in [4.69, 9.17) is 27.5 Å². The molecule has 1 fully saturated rings. The van der Waals surface area contributed by atoms with Crippen LogP contribution in [0.4, 0.5) is 0 Å². The quantitative estimate of drug-likeness (QED) is 0.653. The zero-order valence-electron chi connectivity index (χ0n) is 13.8. The second kappa shape index (κ2) is 8.92. The summed E-state index contributed by atoms with van der Waals surface area (Å²) in [6, 6.07) is 3.69. The van der Waals surface area contributed by atoms with Crippen LogP contribution in [0.3, 0.4) is 0 Å². The zero-order valence-corrected chi connectivity index (χ0v) is 14.5. The number of hydrogen-bond acceptors (Lipinski definition) is 6. The van der Waals surface area contributed by atoms with Crippen molar-refractivity contribution in [2.24, 2.45) is 5.73 Å². The van der Waals surface area contributed by atoms with Crippen LogP contribution in [-0.2, 0) is 16.0 Å². The van der Waals surface area contributed by atoms with Gasteiger partial charge in [-0.1, -0.05) is 31.0 Å². The molecular weight excluding hydrogens is 328 g/mol. The molecule has 1 aromatic heterocycles. The minimum absolute atomic E-state index is 0.0492. The average Bonchev–Trinajstić information content (AvgIpc) is 2.62. The second-order valence-corrected chi connectivity index (χ2v) is 6.10. The molecule has 0 saturated carbocycles. The normalized spacial score (nSPS) is 18.8. The molecule has 1 saturated heterocycles. The lowest BCUT2D eigenvalue weighted by Crippen LogP contribution is -2.33. The third-order valence-corrected chi connectivity index (χ3v) is 4.20. The number of halogens is 1. The van der Waals surface area contributed by atoms with Crippen LogP contribution in [0, 0.1) is 5.41 Å². The lowest BCUT2D eigenvalue weighted by molar-refractivity contribution is -0.112. The molecule has 0 spiro atoms. The van der Waals surface area contributed by atoms with Gasteiger partial charge in [0.25, 0.3) is 0 Å². The monoisotopic (exact) mass is 350 g/mol. The number of rotatable bonds is 7. The fourth-order valence-corrected chi connectivity index (χ4v) is 2.62. The molecule has 0 bridgehead atoms. The molecular formula is C17H23ClN4O2. The van der Waals surface area contributed by atoms with Crippen LogP contribution in [0.1, 0.15) is 37.1 Å². The van der Waals surface area contributed by atoms with E-state index >= 15 is 0 Å². The summed E-state index contributed by atoms with van der Waals surface area (Å²) in [6.07, 6.45) is 3.04. The van der Waals surface area contributed by atoms with Crippen molar-refractivity contribution in [2.45, 2.75) is 32.3 Å². The summed E-state index contributed by atoms with van der Waals surface area (Å²) in [7, 11) is 0. The van der Waals surface area contributed by atoms with Crippen molar-refractivity contribution in [3.63, 3.8) is 0 Å². The fraction of sp³-hybridized carbons (Fsp3) is 0.471. The summed E-state index contributed by atoms with van der Waals surface area (Å²) in [6.45, 7) is 4.20. The van der Waals surface area contributed by atoms with Gasteiger partial charge in [0.05, 0.1) is 17.3 Å². The van der Waals surface area contributed by atoms with Crippen LogP contribution in [0.15, 0.2) is 29.1 Å². The van der Waals surface area contributed by atoms with Gasteiger partial charge in [-0.05, 0) is 18.1 Å². The average molecular weight is 351 g/mol.